The number of hydrogen-bond donors (Lipinski definition) is 1. The fraction of sp³-hybridized carbons (Fsp3) is 0.462. The Morgan fingerprint density at radius 1 is 1.42 bits per heavy atom. The number of carbonyl (C=O) groups is 1. The zero-order valence-electron chi connectivity index (χ0n) is 11.3. The molecule has 0 aliphatic carbocycles. The molecule has 0 heterocycles. The predicted octanol–water partition coefficient (Wildman–Crippen LogP) is 3.62. The molecular formula is C13H17BrFNO3. The van der Waals surface area contributed by atoms with E-state index >= 15 is 0 Å². The maximum Gasteiger partial charge on any atom is 0.407 e. The molecule has 0 saturated carbocycles. The van der Waals surface area contributed by atoms with Crippen molar-refractivity contribution in [3.05, 3.63) is 28.0 Å². The number of alkyl carbamates (subject to hydrolysis) is 1. The van der Waals surface area contributed by atoms with E-state index in [1.54, 1.807) is 20.8 Å². The number of carbonyl (C=O) groups excluding carboxylic acids is 1. The standard InChI is InChI=1S/C13H17BrFNO3/c1-13(2,3)19-12(17)16-7-8-10(18-4)6-5-9(15)11(8)14/h5-6H,7H2,1-4H3,(H,16,17). The van der Waals surface area contributed by atoms with Gasteiger partial charge >= 0.3 is 6.09 Å². The van der Waals surface area contributed by atoms with Gasteiger partial charge in [-0.15, -0.1) is 0 Å². The molecule has 0 bridgehead atoms. The van der Waals surface area contributed by atoms with E-state index in [-0.39, 0.29) is 11.0 Å². The molecule has 4 nitrogen and oxygen atoms in total. The van der Waals surface area contributed by atoms with Crippen LogP contribution >= 0.6 is 15.9 Å². The van der Waals surface area contributed by atoms with Gasteiger partial charge in [0.15, 0.2) is 0 Å². The normalized spacial score (nSPS) is 11.1. The molecule has 0 aliphatic heterocycles. The van der Waals surface area contributed by atoms with Crippen molar-refractivity contribution in [2.24, 2.45) is 0 Å². The van der Waals surface area contributed by atoms with Gasteiger partial charge in [-0.05, 0) is 48.8 Å². The van der Waals surface area contributed by atoms with Gasteiger partial charge in [0, 0.05) is 5.56 Å². The third kappa shape index (κ3) is 4.70. The van der Waals surface area contributed by atoms with Crippen LogP contribution in [0, 0.1) is 5.82 Å². The molecule has 1 aromatic carbocycles. The van der Waals surface area contributed by atoms with E-state index in [0.29, 0.717) is 11.3 Å². The Morgan fingerprint density at radius 3 is 2.58 bits per heavy atom. The van der Waals surface area contributed by atoms with E-state index in [9.17, 15) is 9.18 Å². The first-order valence-corrected chi connectivity index (χ1v) is 6.51. The number of hydrogen-bond acceptors (Lipinski definition) is 3. The number of rotatable bonds is 3. The first kappa shape index (κ1) is 15.8. The van der Waals surface area contributed by atoms with E-state index in [1.807, 2.05) is 0 Å². The summed E-state index contributed by atoms with van der Waals surface area (Å²) in [6.45, 7) is 5.41. The Bertz CT molecular complexity index is 472. The van der Waals surface area contributed by atoms with Crippen LogP contribution in [-0.2, 0) is 11.3 Å². The summed E-state index contributed by atoms with van der Waals surface area (Å²) < 4.78 is 23.9. The largest absolute Gasteiger partial charge is 0.496 e. The molecule has 19 heavy (non-hydrogen) atoms. The molecule has 1 N–H and O–H groups in total. The van der Waals surface area contributed by atoms with Crippen molar-refractivity contribution in [2.45, 2.75) is 32.9 Å². The monoisotopic (exact) mass is 333 g/mol. The van der Waals surface area contributed by atoms with Crippen molar-refractivity contribution in [2.75, 3.05) is 7.11 Å². The summed E-state index contributed by atoms with van der Waals surface area (Å²) in [5.41, 5.74) is -0.0544. The second-order valence-corrected chi connectivity index (χ2v) is 5.69. The van der Waals surface area contributed by atoms with Crippen molar-refractivity contribution >= 4 is 22.0 Å². The number of halogens is 2. The van der Waals surface area contributed by atoms with Crippen molar-refractivity contribution in [1.29, 1.82) is 0 Å². The Labute approximate surface area is 120 Å². The van der Waals surface area contributed by atoms with Crippen LogP contribution in [0.15, 0.2) is 16.6 Å². The number of benzene rings is 1. The molecular weight excluding hydrogens is 317 g/mol. The lowest BCUT2D eigenvalue weighted by molar-refractivity contribution is 0.0523. The van der Waals surface area contributed by atoms with Crippen LogP contribution in [0.2, 0.25) is 0 Å². The second kappa shape index (κ2) is 6.23. The lowest BCUT2D eigenvalue weighted by Gasteiger charge is -2.20. The summed E-state index contributed by atoms with van der Waals surface area (Å²) in [5.74, 6) is 0.0751. The molecule has 0 radical (unpaired) electrons. The molecule has 1 amide bonds. The van der Waals surface area contributed by atoms with Gasteiger partial charge in [-0.25, -0.2) is 9.18 Å². The molecule has 0 saturated heterocycles. The summed E-state index contributed by atoms with van der Waals surface area (Å²) in [7, 11) is 1.48. The van der Waals surface area contributed by atoms with Gasteiger partial charge in [0.25, 0.3) is 0 Å². The first-order valence-electron chi connectivity index (χ1n) is 5.72. The Morgan fingerprint density at radius 2 is 2.05 bits per heavy atom. The molecule has 6 heteroatoms. The van der Waals surface area contributed by atoms with E-state index in [2.05, 4.69) is 21.2 Å². The SMILES string of the molecule is COc1ccc(F)c(Br)c1CNC(=O)OC(C)(C)C. The highest BCUT2D eigenvalue weighted by atomic mass is 79.9. The lowest BCUT2D eigenvalue weighted by atomic mass is 10.2. The number of nitrogens with one attached hydrogen (secondary N) is 1. The van der Waals surface area contributed by atoms with Crippen LogP contribution in [0.25, 0.3) is 0 Å². The summed E-state index contributed by atoms with van der Waals surface area (Å²) in [6.07, 6.45) is -0.564. The molecule has 106 valence electrons. The van der Waals surface area contributed by atoms with Gasteiger partial charge in [-0.2, -0.15) is 0 Å². The predicted molar refractivity (Wildman–Crippen MR) is 73.7 cm³/mol. The number of amides is 1. The highest BCUT2D eigenvalue weighted by molar-refractivity contribution is 9.10. The number of methoxy groups -OCH3 is 1. The molecule has 0 fully saturated rings. The second-order valence-electron chi connectivity index (χ2n) is 4.90. The highest BCUT2D eigenvalue weighted by Gasteiger charge is 2.18. The molecule has 0 unspecified atom stereocenters. The Kier molecular flexibility index (Phi) is 5.17. The minimum atomic E-state index is -0.576. The minimum Gasteiger partial charge on any atom is -0.496 e. The van der Waals surface area contributed by atoms with Crippen molar-refractivity contribution in [3.8, 4) is 5.75 Å². The molecule has 0 spiro atoms. The zero-order chi connectivity index (χ0) is 14.6. The topological polar surface area (TPSA) is 47.6 Å². The van der Waals surface area contributed by atoms with E-state index in [1.165, 1.54) is 19.2 Å². The van der Waals surface area contributed by atoms with Crippen LogP contribution < -0.4 is 10.1 Å². The van der Waals surface area contributed by atoms with Gasteiger partial charge in [-0.1, -0.05) is 0 Å². The van der Waals surface area contributed by atoms with Gasteiger partial charge in [0.05, 0.1) is 18.1 Å². The van der Waals surface area contributed by atoms with Crippen LogP contribution in [0.5, 0.6) is 5.75 Å². The first-order chi connectivity index (χ1) is 8.74. The minimum absolute atomic E-state index is 0.108. The quantitative estimate of drug-likeness (QED) is 0.918. The van der Waals surface area contributed by atoms with Gasteiger partial charge < -0.3 is 14.8 Å². The maximum atomic E-state index is 13.4. The van der Waals surface area contributed by atoms with Crippen molar-refractivity contribution in [3.63, 3.8) is 0 Å². The summed E-state index contributed by atoms with van der Waals surface area (Å²) in [4.78, 5) is 11.5. The van der Waals surface area contributed by atoms with Crippen LogP contribution in [0.4, 0.5) is 9.18 Å². The summed E-state index contributed by atoms with van der Waals surface area (Å²) in [5, 5.41) is 2.56. The molecule has 1 aromatic rings. The van der Waals surface area contributed by atoms with E-state index in [4.69, 9.17) is 9.47 Å². The van der Waals surface area contributed by atoms with Gasteiger partial charge in [-0.3, -0.25) is 0 Å². The zero-order valence-corrected chi connectivity index (χ0v) is 12.9. The number of ether oxygens (including phenoxy) is 2. The third-order valence-electron chi connectivity index (χ3n) is 2.18. The average molecular weight is 334 g/mol. The Balaban J connectivity index is 2.78. The fourth-order valence-corrected chi connectivity index (χ4v) is 1.87. The average Bonchev–Trinajstić information content (AvgIpc) is 2.28. The smallest absolute Gasteiger partial charge is 0.407 e. The third-order valence-corrected chi connectivity index (χ3v) is 3.04. The van der Waals surface area contributed by atoms with Crippen LogP contribution in [-0.4, -0.2) is 18.8 Å². The van der Waals surface area contributed by atoms with E-state index in [0.717, 1.165) is 0 Å². The van der Waals surface area contributed by atoms with Gasteiger partial charge in [0.2, 0.25) is 0 Å². The maximum absolute atomic E-state index is 13.4. The summed E-state index contributed by atoms with van der Waals surface area (Å²) >= 11 is 3.14. The van der Waals surface area contributed by atoms with Gasteiger partial charge in [0.1, 0.15) is 17.2 Å². The van der Waals surface area contributed by atoms with Crippen LogP contribution in [0.3, 0.4) is 0 Å². The summed E-state index contributed by atoms with van der Waals surface area (Å²) in [6, 6.07) is 2.80. The molecule has 0 aliphatic rings. The van der Waals surface area contributed by atoms with Crippen molar-refractivity contribution in [1.82, 2.24) is 5.32 Å². The highest BCUT2D eigenvalue weighted by Crippen LogP contribution is 2.29. The fourth-order valence-electron chi connectivity index (χ4n) is 1.41. The van der Waals surface area contributed by atoms with Crippen LogP contribution in [0.1, 0.15) is 26.3 Å². The Hall–Kier alpha value is -1.30. The van der Waals surface area contributed by atoms with Crippen molar-refractivity contribution < 1.29 is 18.7 Å². The lowest BCUT2D eigenvalue weighted by Crippen LogP contribution is -2.32. The molecule has 1 rings (SSSR count). The van der Waals surface area contributed by atoms with E-state index < -0.39 is 17.5 Å². The molecule has 0 aromatic heterocycles. The molecule has 0 atom stereocenters.